The van der Waals surface area contributed by atoms with E-state index in [9.17, 15) is 0 Å². The van der Waals surface area contributed by atoms with Gasteiger partial charge in [-0.2, -0.15) is 0 Å². The maximum absolute atomic E-state index is 2.29. The lowest BCUT2D eigenvalue weighted by Crippen LogP contribution is -1.87. The van der Waals surface area contributed by atoms with E-state index in [1.165, 1.54) is 88.2 Å². The van der Waals surface area contributed by atoms with Gasteiger partial charge in [-0.1, -0.05) is 101 Å². The third-order valence-corrected chi connectivity index (χ3v) is 4.19. The molecule has 0 saturated carbocycles. The molecule has 0 radical (unpaired) electrons. The monoisotopic (exact) mass is 274 g/mol. The zero-order valence-electron chi connectivity index (χ0n) is 13.8. The summed E-state index contributed by atoms with van der Waals surface area (Å²) in [5.41, 5.74) is 2.87. The van der Waals surface area contributed by atoms with Crippen LogP contribution >= 0.6 is 0 Å². The van der Waals surface area contributed by atoms with Gasteiger partial charge in [0.25, 0.3) is 0 Å². The van der Waals surface area contributed by atoms with E-state index in [-0.39, 0.29) is 0 Å². The van der Waals surface area contributed by atoms with E-state index in [1.807, 2.05) is 0 Å². The lowest BCUT2D eigenvalue weighted by Gasteiger charge is -2.03. The van der Waals surface area contributed by atoms with Crippen LogP contribution in [0.1, 0.15) is 88.7 Å². The summed E-state index contributed by atoms with van der Waals surface area (Å²) in [5, 5.41) is 0. The van der Waals surface area contributed by atoms with E-state index in [0.29, 0.717) is 0 Å². The van der Waals surface area contributed by atoms with Crippen LogP contribution in [0.25, 0.3) is 0 Å². The van der Waals surface area contributed by atoms with Crippen molar-refractivity contribution in [2.45, 2.75) is 90.9 Å². The Balaban J connectivity index is 1.84. The SMILES string of the molecule is CCCCCCCCCCCCCc1ccc(C)cc1. The maximum Gasteiger partial charge on any atom is -0.0279 e. The van der Waals surface area contributed by atoms with Gasteiger partial charge in [0.15, 0.2) is 0 Å². The van der Waals surface area contributed by atoms with E-state index in [4.69, 9.17) is 0 Å². The fourth-order valence-electron chi connectivity index (χ4n) is 2.75. The van der Waals surface area contributed by atoms with E-state index >= 15 is 0 Å². The first-order valence-corrected chi connectivity index (χ1v) is 8.88. The standard InChI is InChI=1S/C20H34/c1-3-4-5-6-7-8-9-10-11-12-13-14-20-17-15-19(2)16-18-20/h15-18H,3-14H2,1-2H3. The topological polar surface area (TPSA) is 0 Å². The Hall–Kier alpha value is -0.780. The fourth-order valence-corrected chi connectivity index (χ4v) is 2.75. The van der Waals surface area contributed by atoms with Crippen LogP contribution in [-0.4, -0.2) is 0 Å². The Morgan fingerprint density at radius 1 is 0.600 bits per heavy atom. The molecule has 0 saturated heterocycles. The molecule has 0 nitrogen and oxygen atoms in total. The van der Waals surface area contributed by atoms with Crippen LogP contribution < -0.4 is 0 Å². The average molecular weight is 274 g/mol. The van der Waals surface area contributed by atoms with Gasteiger partial charge in [-0.25, -0.2) is 0 Å². The molecule has 1 aromatic carbocycles. The van der Waals surface area contributed by atoms with Gasteiger partial charge >= 0.3 is 0 Å². The fraction of sp³-hybridized carbons (Fsp3) is 0.700. The second-order valence-electron chi connectivity index (χ2n) is 6.27. The van der Waals surface area contributed by atoms with Gasteiger partial charge in [0.05, 0.1) is 0 Å². The molecule has 0 aromatic heterocycles. The van der Waals surface area contributed by atoms with Crippen molar-refractivity contribution in [3.63, 3.8) is 0 Å². The molecule has 0 N–H and O–H groups in total. The second kappa shape index (κ2) is 12.0. The van der Waals surface area contributed by atoms with Crippen molar-refractivity contribution in [1.82, 2.24) is 0 Å². The largest absolute Gasteiger partial charge is 0.0654 e. The summed E-state index contributed by atoms with van der Waals surface area (Å²) in [7, 11) is 0. The number of hydrogen-bond donors (Lipinski definition) is 0. The molecular weight excluding hydrogens is 240 g/mol. The minimum absolute atomic E-state index is 1.26. The highest BCUT2D eigenvalue weighted by Gasteiger charge is 1.95. The van der Waals surface area contributed by atoms with Gasteiger partial charge < -0.3 is 0 Å². The molecule has 0 unspecified atom stereocenters. The first kappa shape index (κ1) is 17.3. The Labute approximate surface area is 127 Å². The predicted octanol–water partition coefficient (Wildman–Crippen LogP) is 6.85. The van der Waals surface area contributed by atoms with E-state index < -0.39 is 0 Å². The molecule has 1 rings (SSSR count). The van der Waals surface area contributed by atoms with Crippen LogP contribution in [0, 0.1) is 6.92 Å². The summed E-state index contributed by atoms with van der Waals surface area (Å²) in [6.07, 6.45) is 17.0. The van der Waals surface area contributed by atoms with Crippen molar-refractivity contribution in [2.24, 2.45) is 0 Å². The molecule has 0 aliphatic heterocycles. The second-order valence-corrected chi connectivity index (χ2v) is 6.27. The molecule has 0 aliphatic carbocycles. The van der Waals surface area contributed by atoms with Crippen molar-refractivity contribution in [2.75, 3.05) is 0 Å². The van der Waals surface area contributed by atoms with Gasteiger partial charge in [-0.15, -0.1) is 0 Å². The number of hydrogen-bond acceptors (Lipinski definition) is 0. The van der Waals surface area contributed by atoms with Crippen LogP contribution in [-0.2, 0) is 6.42 Å². The zero-order valence-corrected chi connectivity index (χ0v) is 13.8. The normalized spacial score (nSPS) is 10.9. The summed E-state index contributed by atoms with van der Waals surface area (Å²) in [6, 6.07) is 9.03. The van der Waals surface area contributed by atoms with E-state index in [2.05, 4.69) is 38.1 Å². The molecule has 0 atom stereocenters. The molecule has 0 bridgehead atoms. The zero-order chi connectivity index (χ0) is 14.5. The Morgan fingerprint density at radius 2 is 1.05 bits per heavy atom. The van der Waals surface area contributed by atoms with Crippen LogP contribution in [0.4, 0.5) is 0 Å². The van der Waals surface area contributed by atoms with Crippen molar-refractivity contribution in [3.8, 4) is 0 Å². The van der Waals surface area contributed by atoms with Crippen LogP contribution in [0.3, 0.4) is 0 Å². The molecule has 1 aromatic rings. The minimum atomic E-state index is 1.26. The molecule has 0 spiro atoms. The lowest BCUT2D eigenvalue weighted by atomic mass is 10.0. The summed E-state index contributed by atoms with van der Waals surface area (Å²) >= 11 is 0. The minimum Gasteiger partial charge on any atom is -0.0654 e. The lowest BCUT2D eigenvalue weighted by molar-refractivity contribution is 0.549. The molecule has 0 heterocycles. The summed E-state index contributed by atoms with van der Waals surface area (Å²) in [5.74, 6) is 0. The molecule has 0 amide bonds. The highest BCUT2D eigenvalue weighted by atomic mass is 14.0. The van der Waals surface area contributed by atoms with Crippen LogP contribution in [0.5, 0.6) is 0 Å². The van der Waals surface area contributed by atoms with Gasteiger partial charge in [-0.05, 0) is 25.3 Å². The highest BCUT2D eigenvalue weighted by Crippen LogP contribution is 2.13. The summed E-state index contributed by atoms with van der Waals surface area (Å²) in [6.45, 7) is 4.45. The molecular formula is C20H34. The van der Waals surface area contributed by atoms with Crippen LogP contribution in [0.2, 0.25) is 0 Å². The van der Waals surface area contributed by atoms with Crippen LogP contribution in [0.15, 0.2) is 24.3 Å². The van der Waals surface area contributed by atoms with Crippen molar-refractivity contribution in [1.29, 1.82) is 0 Å². The van der Waals surface area contributed by atoms with E-state index in [1.54, 1.807) is 0 Å². The molecule has 0 fully saturated rings. The highest BCUT2D eigenvalue weighted by molar-refractivity contribution is 5.21. The predicted molar refractivity (Wildman–Crippen MR) is 91.3 cm³/mol. The molecule has 20 heavy (non-hydrogen) atoms. The summed E-state index contributed by atoms with van der Waals surface area (Å²) < 4.78 is 0. The third-order valence-electron chi connectivity index (χ3n) is 4.19. The van der Waals surface area contributed by atoms with Gasteiger partial charge in [0, 0.05) is 0 Å². The summed E-state index contributed by atoms with van der Waals surface area (Å²) in [4.78, 5) is 0. The van der Waals surface area contributed by atoms with Gasteiger partial charge in [-0.3, -0.25) is 0 Å². The Morgan fingerprint density at radius 3 is 1.55 bits per heavy atom. The average Bonchev–Trinajstić information content (AvgIpc) is 2.47. The smallest absolute Gasteiger partial charge is 0.0279 e. The third kappa shape index (κ3) is 9.18. The molecule has 0 aliphatic rings. The van der Waals surface area contributed by atoms with Gasteiger partial charge in [0.2, 0.25) is 0 Å². The first-order valence-electron chi connectivity index (χ1n) is 8.88. The van der Waals surface area contributed by atoms with Crippen molar-refractivity contribution in [3.05, 3.63) is 35.4 Å². The molecule has 0 heteroatoms. The number of benzene rings is 1. The first-order chi connectivity index (χ1) is 9.83. The number of aryl methyl sites for hydroxylation is 2. The Bertz CT molecular complexity index is 309. The maximum atomic E-state index is 2.29. The van der Waals surface area contributed by atoms with Crippen molar-refractivity contribution >= 4 is 0 Å². The molecule has 114 valence electrons. The van der Waals surface area contributed by atoms with Gasteiger partial charge in [0.1, 0.15) is 0 Å². The number of unbranched alkanes of at least 4 members (excludes halogenated alkanes) is 10. The van der Waals surface area contributed by atoms with E-state index in [0.717, 1.165) is 0 Å². The quantitative estimate of drug-likeness (QED) is 0.366. The number of rotatable bonds is 12. The van der Waals surface area contributed by atoms with Crippen molar-refractivity contribution < 1.29 is 0 Å². The Kier molecular flexibility index (Phi) is 10.4.